The third-order valence-electron chi connectivity index (χ3n) is 2.62. The second-order valence-corrected chi connectivity index (χ2v) is 3.65. The predicted octanol–water partition coefficient (Wildman–Crippen LogP) is 2.86. The molecular formula is C11H13N3O. The molecule has 0 unspecified atom stereocenters. The first-order valence-corrected chi connectivity index (χ1v) is 5.12. The number of benzene rings is 1. The van der Waals surface area contributed by atoms with Crippen LogP contribution in [0, 0.1) is 0 Å². The SMILES string of the molecule is CCc1ccc2c(c1)C[C@H](CN=[N+]=[N-])O2. The molecule has 0 radical (unpaired) electrons. The maximum absolute atomic E-state index is 8.23. The minimum Gasteiger partial charge on any atom is -0.490 e. The summed E-state index contributed by atoms with van der Waals surface area (Å²) in [6, 6.07) is 6.25. The highest BCUT2D eigenvalue weighted by molar-refractivity contribution is 5.40. The number of fused-ring (bicyclic) bond motifs is 1. The largest absolute Gasteiger partial charge is 0.490 e. The molecule has 2 rings (SSSR count). The van der Waals surface area contributed by atoms with Crippen LogP contribution in [0.25, 0.3) is 10.4 Å². The van der Waals surface area contributed by atoms with E-state index in [2.05, 4.69) is 29.1 Å². The van der Waals surface area contributed by atoms with Crippen LogP contribution >= 0.6 is 0 Å². The maximum Gasteiger partial charge on any atom is 0.123 e. The second-order valence-electron chi connectivity index (χ2n) is 3.65. The van der Waals surface area contributed by atoms with Gasteiger partial charge in [-0.15, -0.1) is 0 Å². The van der Waals surface area contributed by atoms with E-state index in [9.17, 15) is 0 Å². The van der Waals surface area contributed by atoms with E-state index in [4.69, 9.17) is 10.3 Å². The lowest BCUT2D eigenvalue weighted by atomic mass is 10.1. The Balaban J connectivity index is 2.12. The smallest absolute Gasteiger partial charge is 0.123 e. The third kappa shape index (κ3) is 2.05. The van der Waals surface area contributed by atoms with Crippen LogP contribution in [-0.2, 0) is 12.8 Å². The van der Waals surface area contributed by atoms with Crippen LogP contribution in [0.15, 0.2) is 23.3 Å². The van der Waals surface area contributed by atoms with Crippen LogP contribution in [0.2, 0.25) is 0 Å². The van der Waals surface area contributed by atoms with Crippen LogP contribution in [0.1, 0.15) is 18.1 Å². The predicted molar refractivity (Wildman–Crippen MR) is 58.0 cm³/mol. The zero-order valence-electron chi connectivity index (χ0n) is 8.68. The van der Waals surface area contributed by atoms with Gasteiger partial charge in [-0.1, -0.05) is 24.2 Å². The van der Waals surface area contributed by atoms with Crippen molar-refractivity contribution in [2.75, 3.05) is 6.54 Å². The number of aryl methyl sites for hydroxylation is 1. The molecule has 0 saturated heterocycles. The Labute approximate surface area is 88.5 Å². The average Bonchev–Trinajstić information content (AvgIpc) is 2.67. The summed E-state index contributed by atoms with van der Waals surface area (Å²) in [6.45, 7) is 2.54. The zero-order chi connectivity index (χ0) is 10.7. The van der Waals surface area contributed by atoms with Crippen molar-refractivity contribution in [3.8, 4) is 5.75 Å². The van der Waals surface area contributed by atoms with Gasteiger partial charge in [0.1, 0.15) is 11.9 Å². The number of rotatable bonds is 3. The Bertz CT molecular complexity index is 410. The van der Waals surface area contributed by atoms with E-state index in [0.29, 0.717) is 6.54 Å². The molecule has 4 nitrogen and oxygen atoms in total. The van der Waals surface area contributed by atoms with Gasteiger partial charge in [-0.05, 0) is 29.1 Å². The molecule has 0 saturated carbocycles. The lowest BCUT2D eigenvalue weighted by molar-refractivity contribution is 0.241. The summed E-state index contributed by atoms with van der Waals surface area (Å²) >= 11 is 0. The monoisotopic (exact) mass is 203 g/mol. The van der Waals surface area contributed by atoms with Gasteiger partial charge in [0.05, 0.1) is 6.54 Å². The highest BCUT2D eigenvalue weighted by Crippen LogP contribution is 2.29. The summed E-state index contributed by atoms with van der Waals surface area (Å²) in [7, 11) is 0. The molecule has 1 aliphatic rings. The molecule has 0 aromatic heterocycles. The fourth-order valence-corrected chi connectivity index (χ4v) is 1.82. The lowest BCUT2D eigenvalue weighted by Crippen LogP contribution is -2.16. The fraction of sp³-hybridized carbons (Fsp3) is 0.455. The van der Waals surface area contributed by atoms with Crippen molar-refractivity contribution in [1.82, 2.24) is 0 Å². The van der Waals surface area contributed by atoms with Gasteiger partial charge in [-0.25, -0.2) is 0 Å². The van der Waals surface area contributed by atoms with E-state index in [1.54, 1.807) is 0 Å². The van der Waals surface area contributed by atoms with Crippen molar-refractivity contribution in [3.05, 3.63) is 39.8 Å². The number of ether oxygens (including phenoxy) is 1. The Morgan fingerprint density at radius 3 is 3.20 bits per heavy atom. The van der Waals surface area contributed by atoms with Gasteiger partial charge in [0, 0.05) is 11.3 Å². The molecule has 0 N–H and O–H groups in total. The number of hydrogen-bond acceptors (Lipinski definition) is 2. The Kier molecular flexibility index (Phi) is 2.79. The molecule has 1 atom stereocenters. The summed E-state index contributed by atoms with van der Waals surface area (Å²) in [4.78, 5) is 2.74. The molecule has 15 heavy (non-hydrogen) atoms. The van der Waals surface area contributed by atoms with Gasteiger partial charge in [0.2, 0.25) is 0 Å². The van der Waals surface area contributed by atoms with Crippen LogP contribution in [0.3, 0.4) is 0 Å². The fourth-order valence-electron chi connectivity index (χ4n) is 1.82. The summed E-state index contributed by atoms with van der Waals surface area (Å²) in [6.07, 6.45) is 1.90. The van der Waals surface area contributed by atoms with E-state index >= 15 is 0 Å². The van der Waals surface area contributed by atoms with Gasteiger partial charge < -0.3 is 4.74 Å². The number of azide groups is 1. The minimum atomic E-state index is 0.0167. The van der Waals surface area contributed by atoms with Crippen LogP contribution in [-0.4, -0.2) is 12.6 Å². The van der Waals surface area contributed by atoms with Crippen molar-refractivity contribution in [1.29, 1.82) is 0 Å². The van der Waals surface area contributed by atoms with E-state index in [1.165, 1.54) is 11.1 Å². The second kappa shape index (κ2) is 4.24. The topological polar surface area (TPSA) is 58.0 Å². The Morgan fingerprint density at radius 2 is 2.47 bits per heavy atom. The van der Waals surface area contributed by atoms with Gasteiger partial charge in [0.15, 0.2) is 0 Å². The van der Waals surface area contributed by atoms with Gasteiger partial charge in [0.25, 0.3) is 0 Å². The van der Waals surface area contributed by atoms with Gasteiger partial charge in [-0.2, -0.15) is 0 Å². The summed E-state index contributed by atoms with van der Waals surface area (Å²) in [5.41, 5.74) is 10.8. The standard InChI is InChI=1S/C11H13N3O/c1-2-8-3-4-11-9(5-8)6-10(15-11)7-13-14-12/h3-5,10H,2,6-7H2,1H3/t10-/m1/s1. The minimum absolute atomic E-state index is 0.0167. The van der Waals surface area contributed by atoms with Crippen LogP contribution < -0.4 is 4.74 Å². The molecule has 1 aliphatic heterocycles. The normalized spacial score (nSPS) is 17.8. The molecule has 1 heterocycles. The number of hydrogen-bond donors (Lipinski definition) is 0. The van der Waals surface area contributed by atoms with E-state index < -0.39 is 0 Å². The first kappa shape index (κ1) is 9.87. The summed E-state index contributed by atoms with van der Waals surface area (Å²) in [5.74, 6) is 0.935. The highest BCUT2D eigenvalue weighted by atomic mass is 16.5. The van der Waals surface area contributed by atoms with E-state index in [-0.39, 0.29) is 6.10 Å². The molecule has 0 amide bonds. The molecule has 0 aliphatic carbocycles. The van der Waals surface area contributed by atoms with Gasteiger partial charge >= 0.3 is 0 Å². The quantitative estimate of drug-likeness (QED) is 0.423. The molecule has 1 aromatic rings. The van der Waals surface area contributed by atoms with Crippen molar-refractivity contribution < 1.29 is 4.74 Å². The molecule has 4 heteroatoms. The van der Waals surface area contributed by atoms with Gasteiger partial charge in [-0.3, -0.25) is 0 Å². The maximum atomic E-state index is 8.23. The van der Waals surface area contributed by atoms with Crippen LogP contribution in [0.4, 0.5) is 0 Å². The Hall–Kier alpha value is -1.67. The molecule has 0 bridgehead atoms. The van der Waals surface area contributed by atoms with Crippen molar-refractivity contribution >= 4 is 0 Å². The van der Waals surface area contributed by atoms with E-state index in [0.717, 1.165) is 18.6 Å². The van der Waals surface area contributed by atoms with E-state index in [1.807, 2.05) is 6.07 Å². The van der Waals surface area contributed by atoms with Crippen molar-refractivity contribution in [2.24, 2.45) is 5.11 Å². The third-order valence-corrected chi connectivity index (χ3v) is 2.62. The highest BCUT2D eigenvalue weighted by Gasteiger charge is 2.21. The average molecular weight is 203 g/mol. The molecular weight excluding hydrogens is 190 g/mol. The zero-order valence-corrected chi connectivity index (χ0v) is 8.68. The molecule has 78 valence electrons. The van der Waals surface area contributed by atoms with Crippen LogP contribution in [0.5, 0.6) is 5.75 Å². The molecule has 0 fully saturated rings. The van der Waals surface area contributed by atoms with Crippen molar-refractivity contribution in [2.45, 2.75) is 25.9 Å². The summed E-state index contributed by atoms with van der Waals surface area (Å²) < 4.78 is 5.64. The lowest BCUT2D eigenvalue weighted by Gasteiger charge is -2.05. The molecule has 1 aromatic carbocycles. The summed E-state index contributed by atoms with van der Waals surface area (Å²) in [5, 5.41) is 3.53. The van der Waals surface area contributed by atoms with Crippen molar-refractivity contribution in [3.63, 3.8) is 0 Å². The Morgan fingerprint density at radius 1 is 1.60 bits per heavy atom. The first-order chi connectivity index (χ1) is 7.33. The molecule has 0 spiro atoms. The number of nitrogens with zero attached hydrogens (tertiary/aromatic N) is 3. The first-order valence-electron chi connectivity index (χ1n) is 5.12.